The van der Waals surface area contributed by atoms with Crippen LogP contribution in [0.3, 0.4) is 0 Å². The molecule has 4 heteroatoms. The van der Waals surface area contributed by atoms with Gasteiger partial charge in [-0.05, 0) is 38.0 Å². The Morgan fingerprint density at radius 2 is 2.00 bits per heavy atom. The monoisotopic (exact) mass is 363 g/mol. The van der Waals surface area contributed by atoms with Crippen molar-refractivity contribution < 1.29 is 4.74 Å². The summed E-state index contributed by atoms with van der Waals surface area (Å²) < 4.78 is 7.30. The molecule has 0 aromatic heterocycles. The summed E-state index contributed by atoms with van der Waals surface area (Å²) >= 11 is 7.06. The number of benzene rings is 1. The van der Waals surface area contributed by atoms with E-state index in [4.69, 9.17) is 4.74 Å². The first-order valence-corrected chi connectivity index (χ1v) is 7.33. The lowest BCUT2D eigenvalue weighted by Gasteiger charge is -2.21. The molecule has 1 rings (SSSR count). The van der Waals surface area contributed by atoms with Gasteiger partial charge in [-0.2, -0.15) is 0 Å². The largest absolute Gasteiger partial charge is 0.385 e. The Morgan fingerprint density at radius 3 is 2.59 bits per heavy atom. The van der Waals surface area contributed by atoms with Crippen LogP contribution in [-0.2, 0) is 4.74 Å². The second kappa shape index (κ2) is 7.52. The van der Waals surface area contributed by atoms with Crippen molar-refractivity contribution in [3.8, 4) is 0 Å². The lowest BCUT2D eigenvalue weighted by molar-refractivity contribution is 0.183. The third kappa shape index (κ3) is 5.08. The fourth-order valence-electron chi connectivity index (χ4n) is 1.75. The summed E-state index contributed by atoms with van der Waals surface area (Å²) in [6.07, 6.45) is 1.02. The highest BCUT2D eigenvalue weighted by atomic mass is 79.9. The van der Waals surface area contributed by atoms with Gasteiger partial charge in [-0.1, -0.05) is 37.9 Å². The molecule has 0 saturated heterocycles. The van der Waals surface area contributed by atoms with Crippen molar-refractivity contribution in [2.24, 2.45) is 0 Å². The van der Waals surface area contributed by atoms with E-state index >= 15 is 0 Å². The molecule has 0 bridgehead atoms. The van der Waals surface area contributed by atoms with E-state index < -0.39 is 0 Å². The van der Waals surface area contributed by atoms with Crippen LogP contribution in [0, 0.1) is 0 Å². The maximum atomic E-state index is 5.08. The summed E-state index contributed by atoms with van der Waals surface area (Å²) in [5, 5.41) is 3.57. The second-order valence-electron chi connectivity index (χ2n) is 4.24. The van der Waals surface area contributed by atoms with Crippen LogP contribution in [-0.4, -0.2) is 19.8 Å². The third-order valence-corrected chi connectivity index (χ3v) is 3.90. The van der Waals surface area contributed by atoms with E-state index in [9.17, 15) is 0 Å². The van der Waals surface area contributed by atoms with Crippen LogP contribution in [0.5, 0.6) is 0 Å². The molecular formula is C13H19Br2NO. The highest BCUT2D eigenvalue weighted by Crippen LogP contribution is 2.27. The van der Waals surface area contributed by atoms with Crippen molar-refractivity contribution >= 4 is 31.9 Å². The third-order valence-electron chi connectivity index (χ3n) is 2.72. The molecule has 0 aliphatic carbocycles. The number of halogens is 2. The number of hydrogen-bond acceptors (Lipinski definition) is 2. The fraction of sp³-hybridized carbons (Fsp3) is 0.538. The first-order valence-electron chi connectivity index (χ1n) is 5.74. The summed E-state index contributed by atoms with van der Waals surface area (Å²) in [6, 6.07) is 7.05. The van der Waals surface area contributed by atoms with E-state index in [0.717, 1.165) is 22.0 Å². The standard InChI is InChI=1S/C13H19Br2NO/c1-9(6-7-17-3)16-10(2)12-5-4-11(14)8-13(12)15/h4-5,8-10,16H,6-7H2,1-3H3. The van der Waals surface area contributed by atoms with Crippen LogP contribution in [0.4, 0.5) is 0 Å². The highest BCUT2D eigenvalue weighted by molar-refractivity contribution is 9.11. The Bertz CT molecular complexity index is 357. The zero-order chi connectivity index (χ0) is 12.8. The maximum absolute atomic E-state index is 5.08. The van der Waals surface area contributed by atoms with Gasteiger partial charge in [-0.25, -0.2) is 0 Å². The van der Waals surface area contributed by atoms with Gasteiger partial charge in [0.25, 0.3) is 0 Å². The number of ether oxygens (including phenoxy) is 1. The van der Waals surface area contributed by atoms with Gasteiger partial charge in [0.15, 0.2) is 0 Å². The van der Waals surface area contributed by atoms with Crippen molar-refractivity contribution in [3.63, 3.8) is 0 Å². The van der Waals surface area contributed by atoms with Gasteiger partial charge in [-0.3, -0.25) is 0 Å². The number of hydrogen-bond donors (Lipinski definition) is 1. The first-order chi connectivity index (χ1) is 8.04. The molecule has 0 fully saturated rings. The molecule has 2 unspecified atom stereocenters. The summed E-state index contributed by atoms with van der Waals surface area (Å²) in [7, 11) is 1.74. The first kappa shape index (κ1) is 15.2. The Morgan fingerprint density at radius 1 is 1.29 bits per heavy atom. The number of rotatable bonds is 6. The van der Waals surface area contributed by atoms with E-state index in [1.54, 1.807) is 7.11 Å². The molecule has 1 N–H and O–H groups in total. The van der Waals surface area contributed by atoms with E-state index in [1.165, 1.54) is 5.56 Å². The molecule has 1 aromatic carbocycles. The van der Waals surface area contributed by atoms with Gasteiger partial charge in [0.05, 0.1) is 0 Å². The molecule has 0 saturated carbocycles. The molecule has 0 heterocycles. The van der Waals surface area contributed by atoms with E-state index in [-0.39, 0.29) is 0 Å². The predicted molar refractivity (Wildman–Crippen MR) is 79.3 cm³/mol. The van der Waals surface area contributed by atoms with Crippen LogP contribution >= 0.6 is 31.9 Å². The molecule has 2 atom stereocenters. The highest BCUT2D eigenvalue weighted by Gasteiger charge is 2.12. The lowest BCUT2D eigenvalue weighted by atomic mass is 10.1. The van der Waals surface area contributed by atoms with Gasteiger partial charge < -0.3 is 10.1 Å². The van der Waals surface area contributed by atoms with Gasteiger partial charge in [-0.15, -0.1) is 0 Å². The van der Waals surface area contributed by atoms with Crippen LogP contribution in [0.15, 0.2) is 27.1 Å². The number of methoxy groups -OCH3 is 1. The minimum absolute atomic E-state index is 0.323. The van der Waals surface area contributed by atoms with Crippen molar-refractivity contribution in [2.45, 2.75) is 32.4 Å². The van der Waals surface area contributed by atoms with Crippen LogP contribution in [0.1, 0.15) is 31.9 Å². The summed E-state index contributed by atoms with van der Waals surface area (Å²) in [5.74, 6) is 0. The molecule has 0 aliphatic heterocycles. The van der Waals surface area contributed by atoms with Crippen molar-refractivity contribution in [2.75, 3.05) is 13.7 Å². The molecule has 0 spiro atoms. The Hall–Kier alpha value is 0.1000. The van der Waals surface area contributed by atoms with Gasteiger partial charge in [0.2, 0.25) is 0 Å². The lowest BCUT2D eigenvalue weighted by Crippen LogP contribution is -2.30. The Kier molecular flexibility index (Phi) is 6.70. The van der Waals surface area contributed by atoms with E-state index in [1.807, 2.05) is 0 Å². The van der Waals surface area contributed by atoms with Crippen LogP contribution in [0.2, 0.25) is 0 Å². The topological polar surface area (TPSA) is 21.3 Å². The van der Waals surface area contributed by atoms with Crippen molar-refractivity contribution in [1.82, 2.24) is 5.32 Å². The molecule has 2 nitrogen and oxygen atoms in total. The fourth-order valence-corrected chi connectivity index (χ4v) is 3.14. The SMILES string of the molecule is COCCC(C)NC(C)c1ccc(Br)cc1Br. The van der Waals surface area contributed by atoms with Crippen LogP contribution in [0.25, 0.3) is 0 Å². The van der Waals surface area contributed by atoms with Gasteiger partial charge in [0, 0.05) is 34.7 Å². The second-order valence-corrected chi connectivity index (χ2v) is 6.01. The van der Waals surface area contributed by atoms with Crippen molar-refractivity contribution in [1.29, 1.82) is 0 Å². The molecule has 0 radical (unpaired) electrons. The number of nitrogens with one attached hydrogen (secondary N) is 1. The zero-order valence-electron chi connectivity index (χ0n) is 10.5. The molecule has 0 amide bonds. The Balaban J connectivity index is 2.60. The average molecular weight is 365 g/mol. The molecule has 17 heavy (non-hydrogen) atoms. The van der Waals surface area contributed by atoms with E-state index in [2.05, 4.69) is 69.2 Å². The summed E-state index contributed by atoms with van der Waals surface area (Å²) in [6.45, 7) is 5.15. The zero-order valence-corrected chi connectivity index (χ0v) is 13.6. The Labute approximate surface area is 120 Å². The minimum Gasteiger partial charge on any atom is -0.385 e. The molecule has 1 aromatic rings. The maximum Gasteiger partial charge on any atom is 0.0476 e. The predicted octanol–water partition coefficient (Wildman–Crippen LogP) is 4.29. The van der Waals surface area contributed by atoms with Crippen LogP contribution < -0.4 is 5.32 Å². The normalized spacial score (nSPS) is 14.6. The molecule has 0 aliphatic rings. The average Bonchev–Trinajstić information content (AvgIpc) is 2.26. The smallest absolute Gasteiger partial charge is 0.0476 e. The summed E-state index contributed by atoms with van der Waals surface area (Å²) in [4.78, 5) is 0. The van der Waals surface area contributed by atoms with E-state index in [0.29, 0.717) is 12.1 Å². The minimum atomic E-state index is 0.323. The molecule has 96 valence electrons. The van der Waals surface area contributed by atoms with Gasteiger partial charge in [0.1, 0.15) is 0 Å². The van der Waals surface area contributed by atoms with Gasteiger partial charge >= 0.3 is 0 Å². The molecular weight excluding hydrogens is 346 g/mol. The van der Waals surface area contributed by atoms with Crippen molar-refractivity contribution in [3.05, 3.63) is 32.7 Å². The quantitative estimate of drug-likeness (QED) is 0.812. The summed E-state index contributed by atoms with van der Waals surface area (Å²) in [5.41, 5.74) is 1.28.